The van der Waals surface area contributed by atoms with Gasteiger partial charge < -0.3 is 14.2 Å². The number of benzene rings is 9. The first kappa shape index (κ1) is 63.8. The van der Waals surface area contributed by atoms with Crippen LogP contribution in [-0.2, 0) is 39.4 Å². The third kappa shape index (κ3) is 15.7. The first-order valence-electron chi connectivity index (χ1n) is 24.1. The number of hydrogen-bond donors (Lipinski definition) is 0. The summed E-state index contributed by atoms with van der Waals surface area (Å²) < 4.78 is 105. The summed E-state index contributed by atoms with van der Waals surface area (Å²) in [4.78, 5) is 74.7. The maximum atomic E-state index is 12.9. The fourth-order valence-electron chi connectivity index (χ4n) is 7.26. The van der Waals surface area contributed by atoms with Gasteiger partial charge in [-0.1, -0.05) is 89.4 Å². The zero-order valence-corrected chi connectivity index (χ0v) is 48.4. The third-order valence-electron chi connectivity index (χ3n) is 11.6. The highest BCUT2D eigenvalue weighted by atomic mass is 35.5. The lowest BCUT2D eigenvalue weighted by atomic mass is 10.2. The molecule has 9 aromatic rings. The van der Waals surface area contributed by atoms with Gasteiger partial charge in [0.2, 0.25) is 46.8 Å². The molecular weight excluding hydrogens is 1250 g/mol. The Balaban J connectivity index is 0.000000185. The van der Waals surface area contributed by atoms with E-state index in [-0.39, 0.29) is 62.4 Å². The fraction of sp³-hybridized carbons (Fsp3) is 0.0172. The number of carbonyl (C=O) groups is 3. The third-order valence-corrected chi connectivity index (χ3v) is 17.6. The summed E-state index contributed by atoms with van der Waals surface area (Å²) in [6.45, 7) is 0. The van der Waals surface area contributed by atoms with Crippen molar-refractivity contribution in [2.45, 2.75) is 29.4 Å². The van der Waals surface area contributed by atoms with Crippen LogP contribution in [-0.4, -0.2) is 65.0 Å². The van der Waals surface area contributed by atoms with Gasteiger partial charge in [0.25, 0.3) is 4.92 Å². The minimum Gasteiger partial charge on any atom is -0.415 e. The molecule has 0 amide bonds. The van der Waals surface area contributed by atoms with E-state index in [2.05, 4.69) is 9.88 Å². The normalized spacial score (nSPS) is 11.0. The molecule has 0 spiro atoms. The van der Waals surface area contributed by atoms with Crippen molar-refractivity contribution in [1.82, 2.24) is 0 Å². The Morgan fingerprint density at radius 2 is 0.651 bits per heavy atom. The number of halogens is 4. The topological polar surface area (TPSA) is 283 Å². The largest absolute Gasteiger partial charge is 0.415 e. The Morgan fingerprint density at radius 1 is 0.384 bits per heavy atom. The molecule has 0 heterocycles. The van der Waals surface area contributed by atoms with Gasteiger partial charge in [0.05, 0.1) is 65.3 Å². The summed E-state index contributed by atoms with van der Waals surface area (Å²) in [5.41, 5.74) is -0.880. The van der Waals surface area contributed by atoms with Crippen molar-refractivity contribution in [3.63, 3.8) is 0 Å². The second kappa shape index (κ2) is 28.2. The molecule has 9 rings (SSSR count). The lowest BCUT2D eigenvalue weighted by Crippen LogP contribution is -2.12. The second-order valence-corrected chi connectivity index (χ2v) is 24.2. The molecule has 0 unspecified atom stereocenters. The molecule has 0 aliphatic heterocycles. The molecule has 0 aliphatic carbocycles. The molecule has 0 aliphatic rings. The predicted octanol–water partition coefficient (Wildman–Crippen LogP) is 13.3. The van der Waals surface area contributed by atoms with Crippen LogP contribution in [0.3, 0.4) is 0 Å². The van der Waals surface area contributed by atoms with Gasteiger partial charge in [-0.2, -0.15) is 0 Å². The van der Waals surface area contributed by atoms with E-state index < -0.39 is 80.1 Å². The number of nitrogens with zero attached hydrogens (tertiary/aromatic N) is 3. The summed E-state index contributed by atoms with van der Waals surface area (Å²) in [5.74, 6) is -3.82. The van der Waals surface area contributed by atoms with E-state index in [1.165, 1.54) is 121 Å². The lowest BCUT2D eigenvalue weighted by molar-refractivity contribution is -0.808. The van der Waals surface area contributed by atoms with Crippen LogP contribution in [0.15, 0.2) is 248 Å². The van der Waals surface area contributed by atoms with E-state index in [0.29, 0.717) is 15.1 Å². The Hall–Kier alpha value is -9.76. The molecular formula is C58H39Cl3FN3O18S3+2. The van der Waals surface area contributed by atoms with E-state index in [1.807, 2.05) is 0 Å². The zero-order chi connectivity index (χ0) is 62.3. The SMILES string of the molecule is CO[N+](=O)c1ccc(S(=O)(=O)c2ccccc2)cc1OC(=O)c1ccc(Cl)cc1.O=C(Oc1cc(S(=O)(=O)c2ccccc2)ccc1[N+](=O)OF)c1ccc(Cl)cc1.O=C(Oc1cc(S(=O)(=O)c2ccccc2)ccc1[N+](=O)[O-])c1ccc(Cl)cc1. The van der Waals surface area contributed by atoms with Crippen LogP contribution in [0.2, 0.25) is 15.1 Å². The van der Waals surface area contributed by atoms with Crippen LogP contribution in [0.1, 0.15) is 31.1 Å². The molecule has 86 heavy (non-hydrogen) atoms. The summed E-state index contributed by atoms with van der Waals surface area (Å²) in [7, 11) is -10.7. The van der Waals surface area contributed by atoms with Crippen LogP contribution < -0.4 is 14.2 Å². The van der Waals surface area contributed by atoms with Crippen LogP contribution in [0.5, 0.6) is 17.2 Å². The van der Waals surface area contributed by atoms with Crippen LogP contribution >= 0.6 is 34.8 Å². The fourth-order valence-corrected chi connectivity index (χ4v) is 11.5. The van der Waals surface area contributed by atoms with E-state index in [4.69, 9.17) is 49.0 Å². The number of esters is 3. The maximum absolute atomic E-state index is 12.9. The van der Waals surface area contributed by atoms with Crippen LogP contribution in [0.4, 0.5) is 21.6 Å². The Kier molecular flexibility index (Phi) is 20.9. The number of sulfone groups is 3. The molecule has 0 fully saturated rings. The Labute approximate surface area is 503 Å². The van der Waals surface area contributed by atoms with Crippen molar-refractivity contribution in [1.29, 1.82) is 0 Å². The van der Waals surface area contributed by atoms with Gasteiger partial charge in [0, 0.05) is 56.5 Å². The average Bonchev–Trinajstić information content (AvgIpc) is 2.57. The quantitative estimate of drug-likeness (QED) is 0.0354. The highest BCUT2D eigenvalue weighted by Gasteiger charge is 2.32. The minimum atomic E-state index is -3.98. The van der Waals surface area contributed by atoms with Crippen LogP contribution in [0.25, 0.3) is 0 Å². The smallest absolute Gasteiger partial charge is 0.363 e. The number of hydrogen-bond acceptors (Lipinski definition) is 18. The molecule has 0 saturated heterocycles. The first-order chi connectivity index (χ1) is 40.9. The van der Waals surface area contributed by atoms with Gasteiger partial charge in [0.1, 0.15) is 0 Å². The molecule has 9 aromatic carbocycles. The number of carbonyl (C=O) groups excluding carboxylic acids is 3. The maximum Gasteiger partial charge on any atom is 0.363 e. The second-order valence-electron chi connectivity index (χ2n) is 17.1. The Bertz CT molecular complexity index is 4180. The molecule has 0 saturated carbocycles. The Morgan fingerprint density at radius 3 is 0.919 bits per heavy atom. The van der Waals surface area contributed by atoms with Crippen molar-refractivity contribution < 1.29 is 83.0 Å². The first-order valence-corrected chi connectivity index (χ1v) is 29.7. The van der Waals surface area contributed by atoms with Gasteiger partial charge in [-0.15, -0.1) is 0 Å². The summed E-state index contributed by atoms with van der Waals surface area (Å²) in [6.07, 6.45) is 0. The van der Waals surface area contributed by atoms with E-state index >= 15 is 0 Å². The molecule has 0 aromatic heterocycles. The van der Waals surface area contributed by atoms with Crippen LogP contribution in [0, 0.1) is 19.9 Å². The van der Waals surface area contributed by atoms with Gasteiger partial charge in [-0.25, -0.2) is 44.5 Å². The van der Waals surface area contributed by atoms with Gasteiger partial charge in [0.15, 0.2) is 7.11 Å². The van der Waals surface area contributed by atoms with Gasteiger partial charge >= 0.3 is 39.9 Å². The minimum absolute atomic E-state index is 0.0107. The standard InChI is InChI=1S/C20H15ClNO6S.C19H12ClFNO6S.C19H12ClNO6S/c1-27-22(24)18-12-11-17(29(25,26)16-5-3-2-4-6-16)13-19(18)28-20(23)14-7-9-15(21)10-8-14;20-14-8-6-13(7-9-14)19(23)27-18-12-16(10-11-17(18)22(24)28-21)29(25,26)15-4-2-1-3-5-15;20-14-8-6-13(7-9-14)19(22)27-18-12-16(10-11-17(18)21(23)24)28(25,26)15-4-2-1-3-5-15/h2-13H,1H3;1-12H;1-12H/q2*+1;. The lowest BCUT2D eigenvalue weighted by Gasteiger charge is -2.09. The van der Waals surface area contributed by atoms with E-state index in [1.54, 1.807) is 54.6 Å². The predicted molar refractivity (Wildman–Crippen MR) is 307 cm³/mol. The molecule has 0 radical (unpaired) electrons. The van der Waals surface area contributed by atoms with E-state index in [0.717, 1.165) is 49.6 Å². The summed E-state index contributed by atoms with van der Waals surface area (Å²) in [6, 6.07) is 49.6. The zero-order valence-electron chi connectivity index (χ0n) is 43.7. The molecule has 28 heteroatoms. The van der Waals surface area contributed by atoms with Crippen molar-refractivity contribution >= 4 is 99.3 Å². The van der Waals surface area contributed by atoms with Gasteiger partial charge in [-0.05, 0) is 127 Å². The highest BCUT2D eigenvalue weighted by molar-refractivity contribution is 7.92. The van der Waals surface area contributed by atoms with Crippen molar-refractivity contribution in [2.75, 3.05) is 7.11 Å². The molecule has 21 nitrogen and oxygen atoms in total. The van der Waals surface area contributed by atoms with Crippen molar-refractivity contribution in [2.24, 2.45) is 0 Å². The number of nitro benzene ring substituents is 1. The molecule has 438 valence electrons. The van der Waals surface area contributed by atoms with Crippen molar-refractivity contribution in [3.8, 4) is 17.2 Å². The number of nitro groups is 1. The number of rotatable bonds is 17. The average molecular weight is 1290 g/mol. The van der Waals surface area contributed by atoms with E-state index in [9.17, 15) is 64.1 Å². The number of ether oxygens (including phenoxy) is 3. The highest BCUT2D eigenvalue weighted by Crippen LogP contribution is 2.36. The van der Waals surface area contributed by atoms with Crippen molar-refractivity contribution in [3.05, 3.63) is 270 Å². The van der Waals surface area contributed by atoms with Gasteiger partial charge in [-0.3, -0.25) is 10.1 Å². The summed E-state index contributed by atoms with van der Waals surface area (Å²) >= 11 is 17.3. The summed E-state index contributed by atoms with van der Waals surface area (Å²) in [5, 5.41) is 15.6. The molecule has 0 N–H and O–H groups in total. The molecule has 0 atom stereocenters. The monoisotopic (exact) mass is 1290 g/mol. The molecule has 0 bridgehead atoms.